The number of hydrogen-bond donors (Lipinski definition) is 1. The van der Waals surface area contributed by atoms with Crippen LogP contribution in [0.25, 0.3) is 0 Å². The summed E-state index contributed by atoms with van der Waals surface area (Å²) in [4.78, 5) is 2.77. The Hall–Kier alpha value is -0.0800. The Balaban J connectivity index is 2.06. The summed E-state index contributed by atoms with van der Waals surface area (Å²) >= 11 is 0. The molecule has 0 aromatic heterocycles. The molecule has 1 heterocycles. The van der Waals surface area contributed by atoms with Crippen LogP contribution < -0.4 is 5.32 Å². The van der Waals surface area contributed by atoms with Gasteiger partial charge in [-0.2, -0.15) is 0 Å². The van der Waals surface area contributed by atoms with Gasteiger partial charge in [0.05, 0.1) is 0 Å². The Morgan fingerprint density at radius 2 is 1.71 bits per heavy atom. The van der Waals surface area contributed by atoms with E-state index in [1.165, 1.54) is 32.4 Å². The van der Waals surface area contributed by atoms with Crippen molar-refractivity contribution in [3.63, 3.8) is 0 Å². The Morgan fingerprint density at radius 1 is 1.12 bits per heavy atom. The van der Waals surface area contributed by atoms with Crippen molar-refractivity contribution in [1.82, 2.24) is 10.2 Å². The van der Waals surface area contributed by atoms with E-state index in [9.17, 15) is 0 Å². The second kappa shape index (κ2) is 4.89. The van der Waals surface area contributed by atoms with Crippen LogP contribution in [0.15, 0.2) is 0 Å². The Morgan fingerprint density at radius 3 is 2.24 bits per heavy atom. The number of nitrogens with zero attached hydrogens (tertiary/aromatic N) is 1. The summed E-state index contributed by atoms with van der Waals surface area (Å²) in [6, 6.07) is 1.43. The molecule has 100 valence electrons. The largest absolute Gasteiger partial charge is 0.315 e. The van der Waals surface area contributed by atoms with Gasteiger partial charge in [0, 0.05) is 25.2 Å². The predicted octanol–water partition coefficient (Wildman–Crippen LogP) is 2.74. The maximum absolute atomic E-state index is 3.59. The molecule has 1 saturated heterocycles. The summed E-state index contributed by atoms with van der Waals surface area (Å²) in [5, 5.41) is 3.59. The molecule has 1 aliphatic heterocycles. The number of likely N-dealkylation sites (N-methyl/N-ethyl adjacent to an activating group) is 1. The van der Waals surface area contributed by atoms with E-state index in [4.69, 9.17) is 0 Å². The molecular weight excluding hydrogens is 208 g/mol. The molecule has 0 aromatic carbocycles. The SMILES string of the molecule is CNC1C(N2CC(C)CC(C)C2)CCC1(C)C. The van der Waals surface area contributed by atoms with Gasteiger partial charge in [-0.15, -0.1) is 0 Å². The molecule has 2 heteroatoms. The lowest BCUT2D eigenvalue weighted by Gasteiger charge is -2.42. The lowest BCUT2D eigenvalue weighted by atomic mass is 9.85. The second-order valence-corrected chi connectivity index (χ2v) is 7.26. The van der Waals surface area contributed by atoms with E-state index in [0.29, 0.717) is 11.5 Å². The minimum Gasteiger partial charge on any atom is -0.315 e. The summed E-state index contributed by atoms with van der Waals surface area (Å²) in [5.74, 6) is 1.75. The summed E-state index contributed by atoms with van der Waals surface area (Å²) < 4.78 is 0. The quantitative estimate of drug-likeness (QED) is 0.796. The van der Waals surface area contributed by atoms with Gasteiger partial charge in [-0.3, -0.25) is 4.90 Å². The molecule has 4 unspecified atom stereocenters. The van der Waals surface area contributed by atoms with Crippen LogP contribution in [0.1, 0.15) is 47.0 Å². The third-order valence-electron chi connectivity index (χ3n) is 4.99. The summed E-state index contributed by atoms with van der Waals surface area (Å²) in [6.07, 6.45) is 4.15. The number of nitrogens with one attached hydrogen (secondary N) is 1. The van der Waals surface area contributed by atoms with Gasteiger partial charge < -0.3 is 5.32 Å². The zero-order valence-corrected chi connectivity index (χ0v) is 12.3. The number of likely N-dealkylation sites (tertiary alicyclic amines) is 1. The van der Waals surface area contributed by atoms with Gasteiger partial charge in [0.25, 0.3) is 0 Å². The highest BCUT2D eigenvalue weighted by molar-refractivity contribution is 5.01. The highest BCUT2D eigenvalue weighted by Crippen LogP contribution is 2.41. The van der Waals surface area contributed by atoms with E-state index in [-0.39, 0.29) is 0 Å². The lowest BCUT2D eigenvalue weighted by Crippen LogP contribution is -2.54. The molecule has 4 atom stereocenters. The number of piperidine rings is 1. The first-order chi connectivity index (χ1) is 7.94. The van der Waals surface area contributed by atoms with Crippen LogP contribution in [0.2, 0.25) is 0 Å². The molecule has 1 saturated carbocycles. The maximum atomic E-state index is 3.59. The Labute approximate surface area is 107 Å². The van der Waals surface area contributed by atoms with E-state index in [1.807, 2.05) is 0 Å². The molecule has 2 fully saturated rings. The van der Waals surface area contributed by atoms with Crippen molar-refractivity contribution < 1.29 is 0 Å². The van der Waals surface area contributed by atoms with Crippen molar-refractivity contribution >= 4 is 0 Å². The van der Waals surface area contributed by atoms with Gasteiger partial charge in [0.15, 0.2) is 0 Å². The molecule has 0 spiro atoms. The second-order valence-electron chi connectivity index (χ2n) is 7.26. The van der Waals surface area contributed by atoms with Crippen LogP contribution in [0.5, 0.6) is 0 Å². The highest BCUT2D eigenvalue weighted by Gasteiger charge is 2.44. The lowest BCUT2D eigenvalue weighted by molar-refractivity contribution is 0.0750. The zero-order chi connectivity index (χ0) is 12.6. The first-order valence-electron chi connectivity index (χ1n) is 7.35. The van der Waals surface area contributed by atoms with E-state index >= 15 is 0 Å². The standard InChI is InChI=1S/C15H30N2/c1-11-8-12(2)10-17(9-11)13-6-7-15(3,4)14(13)16-5/h11-14,16H,6-10H2,1-5H3. The van der Waals surface area contributed by atoms with Crippen LogP contribution in [-0.2, 0) is 0 Å². The van der Waals surface area contributed by atoms with Gasteiger partial charge in [0.1, 0.15) is 0 Å². The molecule has 2 rings (SSSR count). The molecule has 1 N–H and O–H groups in total. The van der Waals surface area contributed by atoms with Crippen molar-refractivity contribution in [3.05, 3.63) is 0 Å². The van der Waals surface area contributed by atoms with Crippen molar-refractivity contribution in [2.45, 2.75) is 59.0 Å². The van der Waals surface area contributed by atoms with E-state index in [1.54, 1.807) is 0 Å². The average molecular weight is 238 g/mol. The molecule has 0 bridgehead atoms. The fourth-order valence-corrected chi connectivity index (χ4v) is 4.32. The molecule has 0 radical (unpaired) electrons. The van der Waals surface area contributed by atoms with Crippen molar-refractivity contribution in [1.29, 1.82) is 0 Å². The van der Waals surface area contributed by atoms with Gasteiger partial charge in [0.2, 0.25) is 0 Å². The molecule has 0 amide bonds. The average Bonchev–Trinajstić information content (AvgIpc) is 2.51. The number of hydrogen-bond acceptors (Lipinski definition) is 2. The van der Waals surface area contributed by atoms with Gasteiger partial charge >= 0.3 is 0 Å². The molecule has 0 aromatic rings. The topological polar surface area (TPSA) is 15.3 Å². The molecule has 2 nitrogen and oxygen atoms in total. The van der Waals surface area contributed by atoms with Crippen LogP contribution in [0.3, 0.4) is 0 Å². The summed E-state index contributed by atoms with van der Waals surface area (Å²) in [5.41, 5.74) is 0.462. The fraction of sp³-hybridized carbons (Fsp3) is 1.00. The Bertz CT molecular complexity index is 252. The van der Waals surface area contributed by atoms with Crippen LogP contribution in [-0.4, -0.2) is 37.1 Å². The molecular formula is C15H30N2. The van der Waals surface area contributed by atoms with Crippen molar-refractivity contribution in [2.24, 2.45) is 17.3 Å². The van der Waals surface area contributed by atoms with Crippen LogP contribution >= 0.6 is 0 Å². The minimum absolute atomic E-state index is 0.462. The van der Waals surface area contributed by atoms with E-state index in [2.05, 4.69) is 45.0 Å². The third kappa shape index (κ3) is 2.68. The number of rotatable bonds is 2. The molecule has 17 heavy (non-hydrogen) atoms. The Kier molecular flexibility index (Phi) is 3.84. The van der Waals surface area contributed by atoms with Crippen LogP contribution in [0.4, 0.5) is 0 Å². The van der Waals surface area contributed by atoms with Gasteiger partial charge in [-0.1, -0.05) is 27.7 Å². The monoisotopic (exact) mass is 238 g/mol. The van der Waals surface area contributed by atoms with E-state index < -0.39 is 0 Å². The molecule has 2 aliphatic rings. The van der Waals surface area contributed by atoms with Crippen LogP contribution in [0, 0.1) is 17.3 Å². The van der Waals surface area contributed by atoms with Gasteiger partial charge in [-0.25, -0.2) is 0 Å². The first kappa shape index (κ1) is 13.4. The smallest absolute Gasteiger partial charge is 0.0271 e. The summed E-state index contributed by atoms with van der Waals surface area (Å²) in [7, 11) is 2.14. The third-order valence-corrected chi connectivity index (χ3v) is 4.99. The van der Waals surface area contributed by atoms with E-state index in [0.717, 1.165) is 17.9 Å². The van der Waals surface area contributed by atoms with Crippen molar-refractivity contribution in [3.8, 4) is 0 Å². The minimum atomic E-state index is 0.462. The molecule has 1 aliphatic carbocycles. The normalized spacial score (nSPS) is 42.9. The van der Waals surface area contributed by atoms with Crippen molar-refractivity contribution in [2.75, 3.05) is 20.1 Å². The van der Waals surface area contributed by atoms with Gasteiger partial charge in [-0.05, 0) is 43.6 Å². The first-order valence-corrected chi connectivity index (χ1v) is 7.35. The highest BCUT2D eigenvalue weighted by atomic mass is 15.2. The zero-order valence-electron chi connectivity index (χ0n) is 12.3. The predicted molar refractivity (Wildman–Crippen MR) is 74.2 cm³/mol. The fourth-order valence-electron chi connectivity index (χ4n) is 4.32. The summed E-state index contributed by atoms with van der Waals surface area (Å²) in [6.45, 7) is 12.3. The maximum Gasteiger partial charge on any atom is 0.0271 e.